The Balaban J connectivity index is 2.03. The molecular formula is C18H11Cl2NO3. The molecule has 2 aromatic carbocycles. The highest BCUT2D eigenvalue weighted by Gasteiger charge is 2.16. The van der Waals surface area contributed by atoms with Crippen LogP contribution in [0.2, 0.25) is 10.0 Å². The van der Waals surface area contributed by atoms with Crippen LogP contribution in [0.25, 0.3) is 11.0 Å². The summed E-state index contributed by atoms with van der Waals surface area (Å²) in [5, 5.41) is 20.9. The zero-order chi connectivity index (χ0) is 17.3. The lowest BCUT2D eigenvalue weighted by atomic mass is 9.98. The zero-order valence-corrected chi connectivity index (χ0v) is 13.8. The van der Waals surface area contributed by atoms with Gasteiger partial charge in [0, 0.05) is 27.9 Å². The fourth-order valence-electron chi connectivity index (χ4n) is 2.56. The Morgan fingerprint density at radius 3 is 2.67 bits per heavy atom. The second-order valence-corrected chi connectivity index (χ2v) is 6.14. The van der Waals surface area contributed by atoms with Gasteiger partial charge in [0.1, 0.15) is 5.58 Å². The Kier molecular flexibility index (Phi) is 4.59. The number of benzene rings is 2. The molecule has 0 radical (unpaired) electrons. The fraction of sp³-hybridized carbons (Fsp3) is 0.111. The van der Waals surface area contributed by atoms with Gasteiger partial charge in [0.15, 0.2) is 0 Å². The molecule has 0 aliphatic rings. The Morgan fingerprint density at radius 2 is 1.96 bits per heavy atom. The van der Waals surface area contributed by atoms with E-state index in [2.05, 4.69) is 0 Å². The number of nitriles is 1. The number of halogens is 2. The van der Waals surface area contributed by atoms with Gasteiger partial charge < -0.3 is 9.52 Å². The van der Waals surface area contributed by atoms with E-state index < -0.39 is 11.7 Å². The molecule has 0 bridgehead atoms. The molecule has 4 nitrogen and oxygen atoms in total. The molecule has 24 heavy (non-hydrogen) atoms. The highest BCUT2D eigenvalue weighted by Crippen LogP contribution is 2.30. The van der Waals surface area contributed by atoms with Crippen LogP contribution in [0.5, 0.6) is 0 Å². The van der Waals surface area contributed by atoms with E-state index in [4.69, 9.17) is 32.9 Å². The number of aliphatic hydroxyl groups is 1. The van der Waals surface area contributed by atoms with E-state index in [9.17, 15) is 9.90 Å². The van der Waals surface area contributed by atoms with Crippen LogP contribution >= 0.6 is 23.2 Å². The van der Waals surface area contributed by atoms with Crippen molar-refractivity contribution >= 4 is 34.2 Å². The van der Waals surface area contributed by atoms with Crippen LogP contribution in [0, 0.1) is 11.3 Å². The zero-order valence-electron chi connectivity index (χ0n) is 12.3. The predicted molar refractivity (Wildman–Crippen MR) is 92.3 cm³/mol. The summed E-state index contributed by atoms with van der Waals surface area (Å²) in [6, 6.07) is 13.0. The minimum atomic E-state index is -0.907. The van der Waals surface area contributed by atoms with E-state index >= 15 is 0 Å². The van der Waals surface area contributed by atoms with Gasteiger partial charge in [-0.15, -0.1) is 0 Å². The summed E-state index contributed by atoms with van der Waals surface area (Å²) in [4.78, 5) is 11.8. The summed E-state index contributed by atoms with van der Waals surface area (Å²) < 4.78 is 5.14. The van der Waals surface area contributed by atoms with Crippen molar-refractivity contribution in [2.45, 2.75) is 12.5 Å². The Morgan fingerprint density at radius 1 is 1.17 bits per heavy atom. The van der Waals surface area contributed by atoms with Crippen molar-refractivity contribution in [3.8, 4) is 6.07 Å². The van der Waals surface area contributed by atoms with Crippen molar-refractivity contribution in [2.75, 3.05) is 0 Å². The highest BCUT2D eigenvalue weighted by molar-refractivity contribution is 6.35. The summed E-state index contributed by atoms with van der Waals surface area (Å²) in [5.74, 6) is 0. The molecule has 1 aromatic heterocycles. The van der Waals surface area contributed by atoms with Gasteiger partial charge in [-0.2, -0.15) is 5.26 Å². The number of hydrogen-bond donors (Lipinski definition) is 1. The Labute approximate surface area is 147 Å². The second-order valence-electron chi connectivity index (χ2n) is 5.30. The van der Waals surface area contributed by atoms with Crippen LogP contribution in [0.15, 0.2) is 51.7 Å². The second kappa shape index (κ2) is 6.66. The summed E-state index contributed by atoms with van der Waals surface area (Å²) in [5.41, 5.74) is 1.30. The first-order chi connectivity index (χ1) is 11.5. The maximum absolute atomic E-state index is 11.8. The standard InChI is InChI=1S/C18H11Cl2NO3/c19-12-2-4-14(15(20)8-12)16(22)6-11-7-18(23)24-17-5-10(9-21)1-3-13(11)17/h1-5,7-8,16,22H,6H2. The molecule has 0 aliphatic carbocycles. The van der Waals surface area contributed by atoms with Gasteiger partial charge in [0.2, 0.25) is 0 Å². The van der Waals surface area contributed by atoms with E-state index in [1.165, 1.54) is 12.1 Å². The van der Waals surface area contributed by atoms with Gasteiger partial charge in [-0.1, -0.05) is 29.3 Å². The summed E-state index contributed by atoms with van der Waals surface area (Å²) in [7, 11) is 0. The van der Waals surface area contributed by atoms with Crippen molar-refractivity contribution in [1.82, 2.24) is 0 Å². The van der Waals surface area contributed by atoms with Crippen LogP contribution in [-0.4, -0.2) is 5.11 Å². The van der Waals surface area contributed by atoms with E-state index in [0.717, 1.165) is 0 Å². The first-order valence-electron chi connectivity index (χ1n) is 7.08. The van der Waals surface area contributed by atoms with Crippen molar-refractivity contribution in [3.63, 3.8) is 0 Å². The van der Waals surface area contributed by atoms with Crippen LogP contribution in [0.4, 0.5) is 0 Å². The molecule has 1 unspecified atom stereocenters. The highest BCUT2D eigenvalue weighted by atomic mass is 35.5. The topological polar surface area (TPSA) is 74.2 Å². The minimum Gasteiger partial charge on any atom is -0.423 e. The predicted octanol–water partition coefficient (Wildman–Crippen LogP) is 4.25. The third kappa shape index (κ3) is 3.29. The molecule has 0 saturated carbocycles. The summed E-state index contributed by atoms with van der Waals surface area (Å²) >= 11 is 12.0. The smallest absolute Gasteiger partial charge is 0.336 e. The number of fused-ring (bicyclic) bond motifs is 1. The first kappa shape index (κ1) is 16.5. The van der Waals surface area contributed by atoms with Gasteiger partial charge in [-0.25, -0.2) is 4.79 Å². The molecule has 0 fully saturated rings. The molecule has 1 N–H and O–H groups in total. The van der Waals surface area contributed by atoms with Gasteiger partial charge in [0.05, 0.1) is 17.7 Å². The molecule has 6 heteroatoms. The molecule has 0 spiro atoms. The van der Waals surface area contributed by atoms with E-state index in [-0.39, 0.29) is 6.42 Å². The van der Waals surface area contributed by atoms with Gasteiger partial charge >= 0.3 is 5.63 Å². The van der Waals surface area contributed by atoms with Crippen LogP contribution < -0.4 is 5.63 Å². The molecule has 1 heterocycles. The van der Waals surface area contributed by atoms with Crippen LogP contribution in [0.1, 0.15) is 22.8 Å². The van der Waals surface area contributed by atoms with Crippen molar-refractivity contribution in [2.24, 2.45) is 0 Å². The Bertz CT molecular complexity index is 1020. The largest absolute Gasteiger partial charge is 0.423 e. The lowest BCUT2D eigenvalue weighted by Crippen LogP contribution is -2.07. The molecule has 1 atom stereocenters. The third-order valence-electron chi connectivity index (χ3n) is 3.69. The van der Waals surface area contributed by atoms with Crippen LogP contribution in [0.3, 0.4) is 0 Å². The number of rotatable bonds is 3. The number of hydrogen-bond acceptors (Lipinski definition) is 4. The molecule has 0 aliphatic heterocycles. The number of nitrogens with zero attached hydrogens (tertiary/aromatic N) is 1. The maximum atomic E-state index is 11.8. The molecular weight excluding hydrogens is 349 g/mol. The van der Waals surface area contributed by atoms with Crippen molar-refractivity contribution in [3.05, 3.63) is 79.6 Å². The minimum absolute atomic E-state index is 0.176. The molecule has 3 aromatic rings. The van der Waals surface area contributed by atoms with Gasteiger partial charge in [-0.3, -0.25) is 0 Å². The SMILES string of the molecule is N#Cc1ccc2c(CC(O)c3ccc(Cl)cc3Cl)cc(=O)oc2c1. The average Bonchev–Trinajstić information content (AvgIpc) is 2.53. The van der Waals surface area contributed by atoms with Gasteiger partial charge in [-0.05, 0) is 41.5 Å². The van der Waals surface area contributed by atoms with Crippen LogP contribution in [-0.2, 0) is 6.42 Å². The first-order valence-corrected chi connectivity index (χ1v) is 7.83. The molecule has 3 rings (SSSR count). The fourth-order valence-corrected chi connectivity index (χ4v) is 3.09. The maximum Gasteiger partial charge on any atom is 0.336 e. The van der Waals surface area contributed by atoms with Crippen molar-refractivity contribution in [1.29, 1.82) is 5.26 Å². The normalized spacial score (nSPS) is 12.1. The monoisotopic (exact) mass is 359 g/mol. The lowest BCUT2D eigenvalue weighted by molar-refractivity contribution is 0.179. The lowest BCUT2D eigenvalue weighted by Gasteiger charge is -2.14. The van der Waals surface area contributed by atoms with E-state index in [1.807, 2.05) is 6.07 Å². The van der Waals surface area contributed by atoms with E-state index in [0.29, 0.717) is 37.7 Å². The summed E-state index contributed by atoms with van der Waals surface area (Å²) in [6.45, 7) is 0. The van der Waals surface area contributed by atoms with Gasteiger partial charge in [0.25, 0.3) is 0 Å². The third-order valence-corrected chi connectivity index (χ3v) is 4.26. The quantitative estimate of drug-likeness (QED) is 0.709. The number of aliphatic hydroxyl groups excluding tert-OH is 1. The Hall–Kier alpha value is -2.32. The summed E-state index contributed by atoms with van der Waals surface area (Å²) in [6.07, 6.45) is -0.731. The van der Waals surface area contributed by atoms with Crippen molar-refractivity contribution < 1.29 is 9.52 Å². The molecule has 120 valence electrons. The molecule has 0 amide bonds. The average molecular weight is 360 g/mol. The molecule has 0 saturated heterocycles. The van der Waals surface area contributed by atoms with E-state index in [1.54, 1.807) is 30.3 Å².